The minimum atomic E-state index is -3.75. The van der Waals surface area contributed by atoms with Crippen molar-refractivity contribution in [2.75, 3.05) is 5.73 Å². The standard InChI is InChI=1S/C16H15NO5S/c1-8-3-10(16(18)19)6-13-15(8)22-14-9(2)4-12(17)5-11(14)7-23(13,20)21/h3-6H,7,17H2,1-2H3,(H,18,19). The van der Waals surface area contributed by atoms with E-state index in [2.05, 4.69) is 0 Å². The second-order valence-corrected chi connectivity index (χ2v) is 7.57. The molecule has 0 saturated heterocycles. The van der Waals surface area contributed by atoms with Gasteiger partial charge in [0.15, 0.2) is 9.84 Å². The van der Waals surface area contributed by atoms with Crippen LogP contribution in [0.1, 0.15) is 27.0 Å². The molecule has 0 unspecified atom stereocenters. The van der Waals surface area contributed by atoms with Gasteiger partial charge in [-0.25, -0.2) is 13.2 Å². The van der Waals surface area contributed by atoms with Gasteiger partial charge in [-0.15, -0.1) is 0 Å². The van der Waals surface area contributed by atoms with Gasteiger partial charge in [0, 0.05) is 11.3 Å². The van der Waals surface area contributed by atoms with Crippen molar-refractivity contribution in [2.24, 2.45) is 0 Å². The summed E-state index contributed by atoms with van der Waals surface area (Å²) in [4.78, 5) is 11.1. The Balaban J connectivity index is 2.33. The number of rotatable bonds is 1. The zero-order chi connectivity index (χ0) is 16.9. The molecule has 2 aromatic rings. The Bertz CT molecular complexity index is 947. The summed E-state index contributed by atoms with van der Waals surface area (Å²) in [5, 5.41) is 9.15. The van der Waals surface area contributed by atoms with Crippen molar-refractivity contribution in [3.05, 3.63) is 46.5 Å². The fraction of sp³-hybridized carbons (Fsp3) is 0.188. The molecule has 1 aliphatic rings. The molecule has 7 heteroatoms. The maximum Gasteiger partial charge on any atom is 0.335 e. The Kier molecular flexibility index (Phi) is 3.33. The number of nitrogen functional groups attached to an aromatic ring is 1. The highest BCUT2D eigenvalue weighted by Gasteiger charge is 2.30. The predicted octanol–water partition coefficient (Wildman–Crippen LogP) is 2.66. The summed E-state index contributed by atoms with van der Waals surface area (Å²) in [6.07, 6.45) is 0. The van der Waals surface area contributed by atoms with Gasteiger partial charge < -0.3 is 15.6 Å². The number of anilines is 1. The van der Waals surface area contributed by atoms with Crippen molar-refractivity contribution in [1.82, 2.24) is 0 Å². The van der Waals surface area contributed by atoms with E-state index in [0.29, 0.717) is 22.6 Å². The first-order valence-electron chi connectivity index (χ1n) is 6.86. The number of sulfone groups is 1. The van der Waals surface area contributed by atoms with E-state index in [1.807, 2.05) is 0 Å². The first-order chi connectivity index (χ1) is 10.7. The molecular formula is C16H15NO5S. The molecule has 3 rings (SSSR count). The molecule has 0 spiro atoms. The summed E-state index contributed by atoms with van der Waals surface area (Å²) in [6, 6.07) is 5.81. The van der Waals surface area contributed by atoms with Crippen molar-refractivity contribution >= 4 is 21.5 Å². The minimum Gasteiger partial charge on any atom is -0.478 e. The van der Waals surface area contributed by atoms with E-state index >= 15 is 0 Å². The van der Waals surface area contributed by atoms with Crippen LogP contribution >= 0.6 is 0 Å². The Hall–Kier alpha value is -2.54. The van der Waals surface area contributed by atoms with Gasteiger partial charge >= 0.3 is 5.97 Å². The number of hydrogen-bond donors (Lipinski definition) is 2. The fourth-order valence-corrected chi connectivity index (χ4v) is 4.31. The number of carbonyl (C=O) groups is 1. The van der Waals surface area contributed by atoms with Gasteiger partial charge in [-0.2, -0.15) is 0 Å². The molecule has 6 nitrogen and oxygen atoms in total. The van der Waals surface area contributed by atoms with E-state index in [-0.39, 0.29) is 22.0 Å². The number of carboxylic acid groups (broad SMARTS) is 1. The highest BCUT2D eigenvalue weighted by Crippen LogP contribution is 2.42. The van der Waals surface area contributed by atoms with Crippen molar-refractivity contribution in [2.45, 2.75) is 24.5 Å². The lowest BCUT2D eigenvalue weighted by Gasteiger charge is -2.14. The molecule has 1 heterocycles. The summed E-state index contributed by atoms with van der Waals surface area (Å²) in [5.74, 6) is -0.855. The SMILES string of the molecule is Cc1cc(N)cc2c1Oc1c(C)cc(C(=O)O)cc1S(=O)(=O)C2. The monoisotopic (exact) mass is 333 g/mol. The second-order valence-electron chi connectivity index (χ2n) is 5.61. The van der Waals surface area contributed by atoms with Gasteiger partial charge in [0.05, 0.1) is 11.3 Å². The number of hydrogen-bond acceptors (Lipinski definition) is 5. The summed E-state index contributed by atoms with van der Waals surface area (Å²) in [5.41, 5.74) is 7.80. The minimum absolute atomic E-state index is 0.0874. The first-order valence-corrected chi connectivity index (χ1v) is 8.52. The molecule has 3 N–H and O–H groups in total. The number of aryl methyl sites for hydroxylation is 2. The highest BCUT2D eigenvalue weighted by molar-refractivity contribution is 7.90. The van der Waals surface area contributed by atoms with E-state index in [1.165, 1.54) is 6.07 Å². The smallest absolute Gasteiger partial charge is 0.335 e. The fourth-order valence-electron chi connectivity index (χ4n) is 2.74. The largest absolute Gasteiger partial charge is 0.478 e. The molecule has 23 heavy (non-hydrogen) atoms. The lowest BCUT2D eigenvalue weighted by molar-refractivity contribution is 0.0696. The third kappa shape index (κ3) is 2.53. The lowest BCUT2D eigenvalue weighted by Crippen LogP contribution is -2.07. The zero-order valence-corrected chi connectivity index (χ0v) is 13.4. The average molecular weight is 333 g/mol. The number of ether oxygens (including phenoxy) is 1. The summed E-state index contributed by atoms with van der Waals surface area (Å²) >= 11 is 0. The van der Waals surface area contributed by atoms with Crippen molar-refractivity contribution in [3.8, 4) is 11.5 Å². The van der Waals surface area contributed by atoms with E-state index in [4.69, 9.17) is 15.6 Å². The van der Waals surface area contributed by atoms with Crippen LogP contribution in [-0.4, -0.2) is 19.5 Å². The molecule has 1 aliphatic heterocycles. The van der Waals surface area contributed by atoms with Gasteiger partial charge in [-0.3, -0.25) is 0 Å². The van der Waals surface area contributed by atoms with E-state index in [9.17, 15) is 13.2 Å². The lowest BCUT2D eigenvalue weighted by atomic mass is 10.1. The van der Waals surface area contributed by atoms with Gasteiger partial charge in [-0.05, 0) is 49.2 Å². The predicted molar refractivity (Wildman–Crippen MR) is 84.7 cm³/mol. The van der Waals surface area contributed by atoms with Crippen LogP contribution in [0, 0.1) is 13.8 Å². The molecule has 120 valence electrons. The Morgan fingerprint density at radius 2 is 1.78 bits per heavy atom. The van der Waals surface area contributed by atoms with Crippen LogP contribution < -0.4 is 10.5 Å². The highest BCUT2D eigenvalue weighted by atomic mass is 32.2. The number of aromatic carboxylic acids is 1. The van der Waals surface area contributed by atoms with Crippen LogP contribution in [0.15, 0.2) is 29.2 Å². The van der Waals surface area contributed by atoms with E-state index < -0.39 is 15.8 Å². The van der Waals surface area contributed by atoms with Crippen molar-refractivity contribution in [1.29, 1.82) is 0 Å². The number of benzene rings is 2. The third-order valence-corrected chi connectivity index (χ3v) is 5.41. The zero-order valence-electron chi connectivity index (χ0n) is 12.6. The van der Waals surface area contributed by atoms with Crippen LogP contribution in [0.25, 0.3) is 0 Å². The summed E-state index contributed by atoms with van der Waals surface area (Å²) in [6.45, 7) is 3.41. The number of fused-ring (bicyclic) bond motifs is 2. The Morgan fingerprint density at radius 3 is 2.43 bits per heavy atom. The van der Waals surface area contributed by atoms with E-state index in [1.54, 1.807) is 26.0 Å². The molecular weight excluding hydrogens is 318 g/mol. The number of nitrogens with two attached hydrogens (primary N) is 1. The maximum atomic E-state index is 12.7. The van der Waals surface area contributed by atoms with Crippen LogP contribution in [0.3, 0.4) is 0 Å². The molecule has 0 aromatic heterocycles. The molecule has 0 fully saturated rings. The van der Waals surface area contributed by atoms with E-state index in [0.717, 1.165) is 11.6 Å². The first kappa shape index (κ1) is 15.4. The molecule has 2 aromatic carbocycles. The molecule has 0 saturated carbocycles. The van der Waals surface area contributed by atoms with Crippen LogP contribution in [0.2, 0.25) is 0 Å². The van der Waals surface area contributed by atoms with Gasteiger partial charge in [0.25, 0.3) is 0 Å². The molecule has 0 aliphatic carbocycles. The maximum absolute atomic E-state index is 12.7. The Labute approximate surface area is 133 Å². The molecule has 0 radical (unpaired) electrons. The van der Waals surface area contributed by atoms with Crippen LogP contribution in [-0.2, 0) is 15.6 Å². The van der Waals surface area contributed by atoms with Crippen LogP contribution in [0.4, 0.5) is 5.69 Å². The van der Waals surface area contributed by atoms with Gasteiger partial charge in [0.1, 0.15) is 16.4 Å². The normalized spacial score (nSPS) is 15.0. The molecule has 0 atom stereocenters. The Morgan fingerprint density at radius 1 is 1.13 bits per heavy atom. The molecule has 0 bridgehead atoms. The van der Waals surface area contributed by atoms with Crippen molar-refractivity contribution in [3.63, 3.8) is 0 Å². The summed E-state index contributed by atoms with van der Waals surface area (Å²) in [7, 11) is -3.75. The average Bonchev–Trinajstić information content (AvgIpc) is 2.53. The number of carboxylic acids is 1. The topological polar surface area (TPSA) is 107 Å². The third-order valence-electron chi connectivity index (χ3n) is 3.75. The summed E-state index contributed by atoms with van der Waals surface area (Å²) < 4.78 is 31.2. The second kappa shape index (κ2) is 4.99. The van der Waals surface area contributed by atoms with Crippen molar-refractivity contribution < 1.29 is 23.1 Å². The van der Waals surface area contributed by atoms with Crippen LogP contribution in [0.5, 0.6) is 11.5 Å². The van der Waals surface area contributed by atoms with Gasteiger partial charge in [-0.1, -0.05) is 0 Å². The molecule has 0 amide bonds. The van der Waals surface area contributed by atoms with Gasteiger partial charge in [0.2, 0.25) is 0 Å². The quantitative estimate of drug-likeness (QED) is 0.777.